The minimum absolute atomic E-state index is 0.175. The molecule has 0 fully saturated rings. The highest BCUT2D eigenvalue weighted by Gasteiger charge is 2.20. The van der Waals surface area contributed by atoms with Crippen molar-refractivity contribution < 1.29 is 0 Å². The van der Waals surface area contributed by atoms with Gasteiger partial charge in [0.05, 0.1) is 5.38 Å². The van der Waals surface area contributed by atoms with Crippen LogP contribution in [0.2, 0.25) is 0 Å². The number of aromatic nitrogens is 1. The van der Waals surface area contributed by atoms with Crippen molar-refractivity contribution >= 4 is 33.1 Å². The molecule has 2 heteroatoms. The number of nitrogens with one attached hydrogen (secondary N) is 1. The number of halogens is 1. The summed E-state index contributed by atoms with van der Waals surface area (Å²) in [5.74, 6) is 0. The summed E-state index contributed by atoms with van der Waals surface area (Å²) in [6.07, 6.45) is 7.22. The number of rotatable bonds is 0. The monoisotopic (exact) mass is 333 g/mol. The fourth-order valence-electron chi connectivity index (χ4n) is 3.64. The molecule has 3 aromatic carbocycles. The van der Waals surface area contributed by atoms with Crippen LogP contribution in [0.5, 0.6) is 0 Å². The molecular formula is C22H20ClN. The molecule has 5 rings (SSSR count). The van der Waals surface area contributed by atoms with Gasteiger partial charge in [0.1, 0.15) is 0 Å². The van der Waals surface area contributed by atoms with Crippen molar-refractivity contribution in [3.05, 3.63) is 84.2 Å². The minimum Gasteiger partial charge on any atom is -0.368 e. The van der Waals surface area contributed by atoms with E-state index in [0.717, 1.165) is 6.42 Å². The van der Waals surface area contributed by atoms with Gasteiger partial charge in [0.15, 0.2) is 0 Å². The Morgan fingerprint density at radius 2 is 1.58 bits per heavy atom. The standard InChI is InChI=1S/C18H15Cl.C4H5N/c19-17-7-3-5-13-9-10-15-14-6-2-1-4-12(14)8-11-16(15)18(13)17;1-2-4-5-3-1/h1-2,4,6,8-11,17H,3,5,7H2;1-5H. The summed E-state index contributed by atoms with van der Waals surface area (Å²) in [4.78, 5) is 2.86. The van der Waals surface area contributed by atoms with Gasteiger partial charge in [0, 0.05) is 12.4 Å². The van der Waals surface area contributed by atoms with Crippen molar-refractivity contribution in [3.8, 4) is 0 Å². The van der Waals surface area contributed by atoms with Crippen LogP contribution in [0, 0.1) is 0 Å². The highest BCUT2D eigenvalue weighted by molar-refractivity contribution is 6.22. The second-order valence-electron chi connectivity index (χ2n) is 6.26. The third-order valence-electron chi connectivity index (χ3n) is 4.77. The first-order valence-electron chi connectivity index (χ1n) is 8.49. The molecule has 1 atom stereocenters. The second kappa shape index (κ2) is 6.70. The van der Waals surface area contributed by atoms with E-state index in [2.05, 4.69) is 53.5 Å². The highest BCUT2D eigenvalue weighted by atomic mass is 35.5. The number of fused-ring (bicyclic) bond motifs is 5. The molecule has 0 saturated heterocycles. The summed E-state index contributed by atoms with van der Waals surface area (Å²) in [6, 6.07) is 21.5. The van der Waals surface area contributed by atoms with E-state index in [1.165, 1.54) is 45.5 Å². The maximum atomic E-state index is 6.58. The SMILES string of the molecule is ClC1CCCc2ccc3c(ccc4ccccc43)c21.c1cc[nH]c1. The zero-order valence-electron chi connectivity index (χ0n) is 13.5. The third-order valence-corrected chi connectivity index (χ3v) is 5.21. The maximum Gasteiger partial charge on any atom is 0.0594 e. The molecule has 1 heterocycles. The van der Waals surface area contributed by atoms with Crippen LogP contribution in [0.25, 0.3) is 21.5 Å². The lowest BCUT2D eigenvalue weighted by Crippen LogP contribution is -2.05. The molecule has 0 spiro atoms. The molecule has 1 aliphatic rings. The van der Waals surface area contributed by atoms with Gasteiger partial charge in [-0.1, -0.05) is 48.5 Å². The second-order valence-corrected chi connectivity index (χ2v) is 6.79. The average molecular weight is 334 g/mol. The Labute approximate surface area is 147 Å². The smallest absolute Gasteiger partial charge is 0.0594 e. The molecule has 120 valence electrons. The van der Waals surface area contributed by atoms with Crippen molar-refractivity contribution in [3.63, 3.8) is 0 Å². The van der Waals surface area contributed by atoms with Crippen LogP contribution >= 0.6 is 11.6 Å². The van der Waals surface area contributed by atoms with Crippen LogP contribution in [-0.4, -0.2) is 4.98 Å². The van der Waals surface area contributed by atoms with Crippen molar-refractivity contribution in [1.82, 2.24) is 4.98 Å². The number of hydrogen-bond acceptors (Lipinski definition) is 0. The van der Waals surface area contributed by atoms with Crippen LogP contribution in [0.4, 0.5) is 0 Å². The number of benzene rings is 3. The van der Waals surface area contributed by atoms with Gasteiger partial charge in [-0.15, -0.1) is 11.6 Å². The van der Waals surface area contributed by atoms with Crippen LogP contribution in [-0.2, 0) is 6.42 Å². The molecular weight excluding hydrogens is 314 g/mol. The Morgan fingerprint density at radius 1 is 0.792 bits per heavy atom. The van der Waals surface area contributed by atoms with E-state index in [9.17, 15) is 0 Å². The van der Waals surface area contributed by atoms with E-state index in [1.54, 1.807) is 0 Å². The molecule has 1 aliphatic carbocycles. The highest BCUT2D eigenvalue weighted by Crippen LogP contribution is 2.40. The van der Waals surface area contributed by atoms with Crippen LogP contribution in [0.1, 0.15) is 29.3 Å². The predicted molar refractivity (Wildman–Crippen MR) is 104 cm³/mol. The van der Waals surface area contributed by atoms with Gasteiger partial charge < -0.3 is 4.98 Å². The number of alkyl halides is 1. The summed E-state index contributed by atoms with van der Waals surface area (Å²) in [5, 5.41) is 5.49. The van der Waals surface area contributed by atoms with Gasteiger partial charge in [-0.25, -0.2) is 0 Å². The molecule has 0 aliphatic heterocycles. The lowest BCUT2D eigenvalue weighted by molar-refractivity contribution is 0.672. The van der Waals surface area contributed by atoms with Gasteiger partial charge in [0.2, 0.25) is 0 Å². The largest absolute Gasteiger partial charge is 0.368 e. The summed E-state index contributed by atoms with van der Waals surface area (Å²) in [5.41, 5.74) is 2.81. The fourth-order valence-corrected chi connectivity index (χ4v) is 4.05. The van der Waals surface area contributed by atoms with Crippen molar-refractivity contribution in [2.45, 2.75) is 24.6 Å². The number of aryl methyl sites for hydroxylation is 1. The Bertz CT molecular complexity index is 939. The van der Waals surface area contributed by atoms with Crippen LogP contribution < -0.4 is 0 Å². The van der Waals surface area contributed by atoms with Crippen LogP contribution in [0.3, 0.4) is 0 Å². The molecule has 0 radical (unpaired) electrons. The summed E-state index contributed by atoms with van der Waals surface area (Å²) in [7, 11) is 0. The van der Waals surface area contributed by atoms with Gasteiger partial charge >= 0.3 is 0 Å². The summed E-state index contributed by atoms with van der Waals surface area (Å²) in [6.45, 7) is 0. The van der Waals surface area contributed by atoms with Crippen LogP contribution in [0.15, 0.2) is 73.1 Å². The number of aromatic amines is 1. The van der Waals surface area contributed by atoms with Gasteiger partial charge in [0.25, 0.3) is 0 Å². The zero-order valence-corrected chi connectivity index (χ0v) is 14.3. The average Bonchev–Trinajstić information content (AvgIpc) is 3.21. The van der Waals surface area contributed by atoms with E-state index in [-0.39, 0.29) is 5.38 Å². The zero-order chi connectivity index (χ0) is 16.4. The fraction of sp³-hybridized carbons (Fsp3) is 0.182. The predicted octanol–water partition coefficient (Wildman–Crippen LogP) is 6.62. The van der Waals surface area contributed by atoms with E-state index >= 15 is 0 Å². The molecule has 0 amide bonds. The molecule has 24 heavy (non-hydrogen) atoms. The van der Waals surface area contributed by atoms with E-state index in [0.29, 0.717) is 0 Å². The minimum atomic E-state index is 0.175. The lowest BCUT2D eigenvalue weighted by atomic mass is 9.86. The maximum absolute atomic E-state index is 6.58. The number of H-pyrrole nitrogens is 1. The van der Waals surface area contributed by atoms with Gasteiger partial charge in [-0.2, -0.15) is 0 Å². The number of hydrogen-bond donors (Lipinski definition) is 1. The van der Waals surface area contributed by atoms with E-state index in [1.807, 2.05) is 24.5 Å². The Balaban J connectivity index is 0.000000252. The van der Waals surface area contributed by atoms with Gasteiger partial charge in [-0.05, 0) is 64.1 Å². The molecule has 4 aromatic rings. The van der Waals surface area contributed by atoms with Crippen molar-refractivity contribution in [1.29, 1.82) is 0 Å². The molecule has 1 unspecified atom stereocenters. The first-order valence-corrected chi connectivity index (χ1v) is 8.93. The first kappa shape index (κ1) is 15.3. The lowest BCUT2D eigenvalue weighted by Gasteiger charge is -2.23. The molecule has 1 N–H and O–H groups in total. The Morgan fingerprint density at radius 3 is 2.38 bits per heavy atom. The van der Waals surface area contributed by atoms with Crippen molar-refractivity contribution in [2.75, 3.05) is 0 Å². The van der Waals surface area contributed by atoms with Crippen molar-refractivity contribution in [2.24, 2.45) is 0 Å². The third kappa shape index (κ3) is 2.81. The molecule has 0 bridgehead atoms. The quantitative estimate of drug-likeness (QED) is 0.275. The molecule has 0 saturated carbocycles. The summed E-state index contributed by atoms with van der Waals surface area (Å²) >= 11 is 6.58. The van der Waals surface area contributed by atoms with Gasteiger partial charge in [-0.3, -0.25) is 0 Å². The van der Waals surface area contributed by atoms with E-state index < -0.39 is 0 Å². The topological polar surface area (TPSA) is 15.8 Å². The molecule has 1 nitrogen and oxygen atoms in total. The Hall–Kier alpha value is -2.25. The first-order chi connectivity index (χ1) is 11.8. The summed E-state index contributed by atoms with van der Waals surface area (Å²) < 4.78 is 0. The van der Waals surface area contributed by atoms with E-state index in [4.69, 9.17) is 11.6 Å². The normalized spacial score (nSPS) is 16.5. The molecule has 1 aromatic heterocycles. The Kier molecular flexibility index (Phi) is 4.27.